The number of ether oxygens (including phenoxy) is 2. The highest BCUT2D eigenvalue weighted by Crippen LogP contribution is 2.31. The molecule has 3 rings (SSSR count). The molecule has 108 valence electrons. The van der Waals surface area contributed by atoms with E-state index >= 15 is 0 Å². The predicted octanol–water partition coefficient (Wildman–Crippen LogP) is 0.0574. The number of hydrogen-bond acceptors (Lipinski definition) is 5. The fourth-order valence-corrected chi connectivity index (χ4v) is 2.64. The molecule has 0 unspecified atom stereocenters. The number of nitrogens with one attached hydrogen (secondary N) is 1. The van der Waals surface area contributed by atoms with Gasteiger partial charge < -0.3 is 19.4 Å². The van der Waals surface area contributed by atoms with Crippen LogP contribution in [-0.2, 0) is 9.47 Å². The standard InChI is InChI=1S/C13H17N3O4/c1-9-14-8-10(11(17)15-9)12(18)16-4-2-13(3-5-16)19-6-7-20-13/h8H,2-7H2,1H3,(H,14,15,17). The highest BCUT2D eigenvalue weighted by atomic mass is 16.7. The van der Waals surface area contributed by atoms with Gasteiger partial charge in [-0.1, -0.05) is 0 Å². The molecule has 1 spiro atoms. The van der Waals surface area contributed by atoms with Gasteiger partial charge in [-0.05, 0) is 6.92 Å². The number of hydrogen-bond donors (Lipinski definition) is 1. The first-order chi connectivity index (χ1) is 9.60. The molecular formula is C13H17N3O4. The third-order valence-electron chi connectivity index (χ3n) is 3.78. The van der Waals surface area contributed by atoms with Crippen LogP contribution in [0.15, 0.2) is 11.0 Å². The van der Waals surface area contributed by atoms with E-state index in [1.54, 1.807) is 11.8 Å². The molecule has 20 heavy (non-hydrogen) atoms. The first-order valence-electron chi connectivity index (χ1n) is 6.73. The molecule has 2 fully saturated rings. The van der Waals surface area contributed by atoms with Crippen LogP contribution >= 0.6 is 0 Å². The van der Waals surface area contributed by atoms with Gasteiger partial charge in [0.1, 0.15) is 11.4 Å². The molecule has 0 radical (unpaired) electrons. The largest absolute Gasteiger partial charge is 0.347 e. The molecule has 0 bridgehead atoms. The third kappa shape index (κ3) is 2.34. The Hall–Kier alpha value is -1.73. The van der Waals surface area contributed by atoms with Crippen LogP contribution in [-0.4, -0.2) is 52.9 Å². The summed E-state index contributed by atoms with van der Waals surface area (Å²) in [7, 11) is 0. The zero-order valence-corrected chi connectivity index (χ0v) is 11.3. The second-order valence-corrected chi connectivity index (χ2v) is 5.11. The molecule has 3 heterocycles. The number of carbonyl (C=O) groups is 1. The summed E-state index contributed by atoms with van der Waals surface area (Å²) < 4.78 is 11.2. The second kappa shape index (κ2) is 4.99. The van der Waals surface area contributed by atoms with E-state index in [2.05, 4.69) is 9.97 Å². The van der Waals surface area contributed by atoms with Gasteiger partial charge in [-0.15, -0.1) is 0 Å². The van der Waals surface area contributed by atoms with Gasteiger partial charge in [0.25, 0.3) is 11.5 Å². The molecule has 0 atom stereocenters. The number of amides is 1. The minimum atomic E-state index is -0.519. The van der Waals surface area contributed by atoms with Crippen LogP contribution in [0, 0.1) is 6.92 Å². The lowest BCUT2D eigenvalue weighted by molar-refractivity contribution is -0.181. The summed E-state index contributed by atoms with van der Waals surface area (Å²) in [5.74, 6) is -0.308. The SMILES string of the molecule is Cc1ncc(C(=O)N2CCC3(CC2)OCCO3)c(=O)[nH]1. The van der Waals surface area contributed by atoms with Crippen molar-refractivity contribution in [3.8, 4) is 0 Å². The molecule has 1 aromatic heterocycles. The topological polar surface area (TPSA) is 84.5 Å². The normalized spacial score (nSPS) is 21.4. The highest BCUT2D eigenvalue weighted by Gasteiger charge is 2.41. The maximum atomic E-state index is 12.3. The van der Waals surface area contributed by atoms with E-state index < -0.39 is 11.3 Å². The molecule has 1 amide bonds. The predicted molar refractivity (Wildman–Crippen MR) is 69.4 cm³/mol. The average Bonchev–Trinajstić information content (AvgIpc) is 2.87. The van der Waals surface area contributed by atoms with Gasteiger partial charge in [0.2, 0.25) is 0 Å². The molecule has 0 aromatic carbocycles. The molecule has 2 saturated heterocycles. The summed E-state index contributed by atoms with van der Waals surface area (Å²) in [6, 6.07) is 0. The number of aromatic nitrogens is 2. The zero-order valence-electron chi connectivity index (χ0n) is 11.3. The van der Waals surface area contributed by atoms with Crippen molar-refractivity contribution in [1.29, 1.82) is 0 Å². The van der Waals surface area contributed by atoms with Crippen molar-refractivity contribution in [1.82, 2.24) is 14.9 Å². The molecule has 1 aromatic rings. The molecule has 1 N–H and O–H groups in total. The Morgan fingerprint density at radius 2 is 2.00 bits per heavy atom. The van der Waals surface area contributed by atoms with Crippen molar-refractivity contribution < 1.29 is 14.3 Å². The van der Waals surface area contributed by atoms with Gasteiger partial charge in [-0.2, -0.15) is 0 Å². The maximum Gasteiger partial charge on any atom is 0.263 e. The molecule has 2 aliphatic rings. The summed E-state index contributed by atoms with van der Waals surface area (Å²) in [6.07, 6.45) is 2.61. The van der Waals surface area contributed by atoms with E-state index in [4.69, 9.17) is 9.47 Å². The maximum absolute atomic E-state index is 12.3. The molecule has 0 aliphatic carbocycles. The average molecular weight is 279 g/mol. The van der Waals surface area contributed by atoms with Crippen LogP contribution in [0.2, 0.25) is 0 Å². The Labute approximate surface area is 115 Å². The zero-order chi connectivity index (χ0) is 14.2. The highest BCUT2D eigenvalue weighted by molar-refractivity contribution is 5.93. The minimum Gasteiger partial charge on any atom is -0.347 e. The van der Waals surface area contributed by atoms with E-state index in [1.165, 1.54) is 6.20 Å². The Balaban J connectivity index is 1.71. The van der Waals surface area contributed by atoms with Gasteiger partial charge in [-0.3, -0.25) is 9.59 Å². The third-order valence-corrected chi connectivity index (χ3v) is 3.78. The number of rotatable bonds is 1. The van der Waals surface area contributed by atoms with Crippen LogP contribution in [0.1, 0.15) is 29.0 Å². The fraction of sp³-hybridized carbons (Fsp3) is 0.615. The number of H-pyrrole nitrogens is 1. The minimum absolute atomic E-state index is 0.0832. The Bertz CT molecular complexity index is 567. The summed E-state index contributed by atoms with van der Waals surface area (Å²) in [4.78, 5) is 32.3. The number of nitrogens with zero attached hydrogens (tertiary/aromatic N) is 2. The van der Waals surface area contributed by atoms with Crippen molar-refractivity contribution in [2.75, 3.05) is 26.3 Å². The Morgan fingerprint density at radius 1 is 1.35 bits per heavy atom. The lowest BCUT2D eigenvalue weighted by Gasteiger charge is -2.37. The molecule has 2 aliphatic heterocycles. The van der Waals surface area contributed by atoms with E-state index in [9.17, 15) is 9.59 Å². The van der Waals surface area contributed by atoms with E-state index in [-0.39, 0.29) is 11.5 Å². The molecule has 0 saturated carbocycles. The lowest BCUT2D eigenvalue weighted by atomic mass is 10.0. The number of likely N-dealkylation sites (tertiary alicyclic amines) is 1. The second-order valence-electron chi connectivity index (χ2n) is 5.11. The van der Waals surface area contributed by atoms with Gasteiger partial charge in [-0.25, -0.2) is 4.98 Å². The van der Waals surface area contributed by atoms with Crippen LogP contribution < -0.4 is 5.56 Å². The number of piperidine rings is 1. The summed E-state index contributed by atoms with van der Waals surface area (Å²) in [5, 5.41) is 0. The Morgan fingerprint density at radius 3 is 2.60 bits per heavy atom. The number of carbonyl (C=O) groups excluding carboxylic acids is 1. The summed E-state index contributed by atoms with van der Waals surface area (Å²) >= 11 is 0. The van der Waals surface area contributed by atoms with Crippen LogP contribution in [0.3, 0.4) is 0 Å². The van der Waals surface area contributed by atoms with Crippen molar-refractivity contribution in [2.45, 2.75) is 25.6 Å². The van der Waals surface area contributed by atoms with Gasteiger partial charge in [0.05, 0.1) is 13.2 Å². The van der Waals surface area contributed by atoms with Crippen LogP contribution in [0.4, 0.5) is 0 Å². The summed E-state index contributed by atoms with van der Waals surface area (Å²) in [6.45, 7) is 3.93. The van der Waals surface area contributed by atoms with Crippen molar-refractivity contribution in [2.24, 2.45) is 0 Å². The van der Waals surface area contributed by atoms with Crippen LogP contribution in [0.25, 0.3) is 0 Å². The van der Waals surface area contributed by atoms with E-state index in [1.807, 2.05) is 0 Å². The molecule has 7 nitrogen and oxygen atoms in total. The fourth-order valence-electron chi connectivity index (χ4n) is 2.64. The monoisotopic (exact) mass is 279 g/mol. The van der Waals surface area contributed by atoms with Crippen molar-refractivity contribution in [3.05, 3.63) is 27.9 Å². The lowest BCUT2D eigenvalue weighted by Crippen LogP contribution is -2.48. The van der Waals surface area contributed by atoms with E-state index in [0.717, 1.165) is 0 Å². The van der Waals surface area contributed by atoms with Crippen molar-refractivity contribution in [3.63, 3.8) is 0 Å². The summed E-state index contributed by atoms with van der Waals surface area (Å²) in [5.41, 5.74) is -0.309. The van der Waals surface area contributed by atoms with Crippen LogP contribution in [0.5, 0.6) is 0 Å². The van der Waals surface area contributed by atoms with Gasteiger partial charge in [0, 0.05) is 32.1 Å². The quantitative estimate of drug-likeness (QED) is 0.785. The van der Waals surface area contributed by atoms with Gasteiger partial charge >= 0.3 is 0 Å². The number of aryl methyl sites for hydroxylation is 1. The first kappa shape index (κ1) is 13.3. The van der Waals surface area contributed by atoms with Gasteiger partial charge in [0.15, 0.2) is 5.79 Å². The molecular weight excluding hydrogens is 262 g/mol. The smallest absolute Gasteiger partial charge is 0.263 e. The Kier molecular flexibility index (Phi) is 3.31. The van der Waals surface area contributed by atoms with E-state index in [0.29, 0.717) is 45.0 Å². The van der Waals surface area contributed by atoms with Crippen molar-refractivity contribution >= 4 is 5.91 Å². The first-order valence-corrected chi connectivity index (χ1v) is 6.73. The molecule has 7 heteroatoms. The number of aromatic amines is 1.